The molecule has 2 aromatic heterocycles. The number of fused-ring (bicyclic) bond motifs is 1. The van der Waals surface area contributed by atoms with Crippen molar-refractivity contribution in [3.8, 4) is 33.8 Å². The van der Waals surface area contributed by atoms with Crippen molar-refractivity contribution in [3.05, 3.63) is 101 Å². The van der Waals surface area contributed by atoms with Crippen LogP contribution in [0.4, 0.5) is 0 Å². The normalized spacial score (nSPS) is 11.1. The zero-order chi connectivity index (χ0) is 19.8. The monoisotopic (exact) mass is 439 g/mol. The highest BCUT2D eigenvalue weighted by atomic mass is 79.9. The minimum atomic E-state index is 0.806. The summed E-state index contributed by atoms with van der Waals surface area (Å²) in [6.45, 7) is 2.09. The molecular formula is C25H18BrN3. The van der Waals surface area contributed by atoms with Crippen LogP contribution in [-0.4, -0.2) is 14.6 Å². The summed E-state index contributed by atoms with van der Waals surface area (Å²) in [7, 11) is 0. The van der Waals surface area contributed by atoms with Crippen LogP contribution in [0.1, 0.15) is 5.56 Å². The molecule has 0 atom stereocenters. The van der Waals surface area contributed by atoms with Gasteiger partial charge >= 0.3 is 0 Å². The second kappa shape index (κ2) is 7.30. The zero-order valence-corrected chi connectivity index (χ0v) is 17.5. The fraction of sp³-hybridized carbons (Fsp3) is 0.0400. The lowest BCUT2D eigenvalue weighted by Crippen LogP contribution is -1.98. The molecule has 0 aliphatic rings. The van der Waals surface area contributed by atoms with Gasteiger partial charge in [0.15, 0.2) is 5.65 Å². The third-order valence-electron chi connectivity index (χ3n) is 5.00. The van der Waals surface area contributed by atoms with E-state index in [1.54, 1.807) is 0 Å². The van der Waals surface area contributed by atoms with Crippen molar-refractivity contribution in [3.63, 3.8) is 0 Å². The molecule has 140 valence electrons. The summed E-state index contributed by atoms with van der Waals surface area (Å²) in [5.41, 5.74) is 8.10. The Balaban J connectivity index is 1.81. The van der Waals surface area contributed by atoms with E-state index >= 15 is 0 Å². The quantitative estimate of drug-likeness (QED) is 0.309. The number of benzene rings is 3. The second-order valence-corrected chi connectivity index (χ2v) is 7.82. The molecule has 0 saturated heterocycles. The van der Waals surface area contributed by atoms with Crippen molar-refractivity contribution in [2.45, 2.75) is 6.92 Å². The summed E-state index contributed by atoms with van der Waals surface area (Å²) in [4.78, 5) is 4.95. The van der Waals surface area contributed by atoms with E-state index in [9.17, 15) is 0 Å². The lowest BCUT2D eigenvalue weighted by atomic mass is 10.1. The van der Waals surface area contributed by atoms with Crippen LogP contribution >= 0.6 is 15.9 Å². The Bertz CT molecular complexity index is 1290. The first-order chi connectivity index (χ1) is 14.2. The highest BCUT2D eigenvalue weighted by Crippen LogP contribution is 2.34. The Labute approximate surface area is 177 Å². The van der Waals surface area contributed by atoms with Gasteiger partial charge in [0.2, 0.25) is 0 Å². The first-order valence-corrected chi connectivity index (χ1v) is 10.3. The Morgan fingerprint density at radius 2 is 1.34 bits per heavy atom. The van der Waals surface area contributed by atoms with Gasteiger partial charge in [0, 0.05) is 16.7 Å². The van der Waals surface area contributed by atoms with Crippen LogP contribution < -0.4 is 0 Å². The average Bonchev–Trinajstić information content (AvgIpc) is 3.11. The summed E-state index contributed by atoms with van der Waals surface area (Å²) in [6.07, 6.45) is 0. The van der Waals surface area contributed by atoms with Crippen molar-refractivity contribution in [1.82, 2.24) is 14.6 Å². The van der Waals surface area contributed by atoms with Crippen LogP contribution in [0.25, 0.3) is 39.4 Å². The largest absolute Gasteiger partial charge is 0.227 e. The Morgan fingerprint density at radius 3 is 2.00 bits per heavy atom. The third-order valence-corrected chi connectivity index (χ3v) is 5.73. The van der Waals surface area contributed by atoms with Crippen molar-refractivity contribution in [1.29, 1.82) is 0 Å². The van der Waals surface area contributed by atoms with Gasteiger partial charge < -0.3 is 0 Å². The number of hydrogen-bond donors (Lipinski definition) is 0. The molecule has 2 heterocycles. The minimum Gasteiger partial charge on any atom is -0.227 e. The van der Waals surface area contributed by atoms with E-state index in [1.165, 1.54) is 5.56 Å². The van der Waals surface area contributed by atoms with E-state index in [2.05, 4.69) is 77.5 Å². The molecule has 5 aromatic rings. The Kier molecular flexibility index (Phi) is 4.49. The van der Waals surface area contributed by atoms with E-state index < -0.39 is 0 Å². The molecule has 3 aromatic carbocycles. The predicted molar refractivity (Wildman–Crippen MR) is 122 cm³/mol. The maximum atomic E-state index is 4.95. The van der Waals surface area contributed by atoms with Gasteiger partial charge in [0.05, 0.1) is 15.9 Å². The van der Waals surface area contributed by atoms with Crippen molar-refractivity contribution in [2.24, 2.45) is 0 Å². The molecule has 4 heteroatoms. The smallest absolute Gasteiger partial charge is 0.171 e. The molecule has 0 unspecified atom stereocenters. The standard InChI is InChI=1S/C25H18BrN3/c1-17-12-14-20(15-13-17)24-23(26)25-27-21(18-8-4-2-5-9-18)16-22(29(25)28-24)19-10-6-3-7-11-19/h2-16H,1H3. The van der Waals surface area contributed by atoms with Crippen LogP contribution in [0.3, 0.4) is 0 Å². The lowest BCUT2D eigenvalue weighted by molar-refractivity contribution is 0.953. The number of halogens is 1. The molecule has 0 saturated carbocycles. The molecular weight excluding hydrogens is 422 g/mol. The number of aromatic nitrogens is 3. The van der Waals surface area contributed by atoms with Crippen molar-refractivity contribution >= 4 is 21.6 Å². The molecule has 0 fully saturated rings. The molecule has 5 rings (SSSR count). The van der Waals surface area contributed by atoms with E-state index in [4.69, 9.17) is 10.1 Å². The molecule has 0 radical (unpaired) electrons. The second-order valence-electron chi connectivity index (χ2n) is 7.02. The van der Waals surface area contributed by atoms with Crippen LogP contribution in [-0.2, 0) is 0 Å². The molecule has 3 nitrogen and oxygen atoms in total. The summed E-state index contributed by atoms with van der Waals surface area (Å²) >= 11 is 3.77. The Morgan fingerprint density at radius 1 is 0.724 bits per heavy atom. The van der Waals surface area contributed by atoms with E-state index in [1.807, 2.05) is 40.9 Å². The predicted octanol–water partition coefficient (Wildman–Crippen LogP) is 6.80. The van der Waals surface area contributed by atoms with Crippen LogP contribution in [0.5, 0.6) is 0 Å². The first-order valence-electron chi connectivity index (χ1n) is 9.48. The topological polar surface area (TPSA) is 30.2 Å². The summed E-state index contributed by atoms with van der Waals surface area (Å²) in [5, 5.41) is 4.93. The maximum absolute atomic E-state index is 4.95. The van der Waals surface area contributed by atoms with E-state index in [-0.39, 0.29) is 0 Å². The number of hydrogen-bond acceptors (Lipinski definition) is 2. The highest BCUT2D eigenvalue weighted by Gasteiger charge is 2.18. The van der Waals surface area contributed by atoms with Gasteiger partial charge in [0.25, 0.3) is 0 Å². The summed E-state index contributed by atoms with van der Waals surface area (Å²) in [5.74, 6) is 0. The fourth-order valence-corrected chi connectivity index (χ4v) is 4.02. The average molecular weight is 440 g/mol. The first kappa shape index (κ1) is 17.8. The third kappa shape index (κ3) is 3.26. The van der Waals surface area contributed by atoms with Crippen LogP contribution in [0.15, 0.2) is 95.5 Å². The molecule has 0 bridgehead atoms. The minimum absolute atomic E-state index is 0.806. The fourth-order valence-electron chi connectivity index (χ4n) is 3.46. The van der Waals surface area contributed by atoms with E-state index in [0.717, 1.165) is 43.9 Å². The molecule has 0 aliphatic heterocycles. The van der Waals surface area contributed by atoms with Gasteiger partial charge in [-0.25, -0.2) is 9.50 Å². The molecule has 0 N–H and O–H groups in total. The van der Waals surface area contributed by atoms with Crippen LogP contribution in [0.2, 0.25) is 0 Å². The van der Waals surface area contributed by atoms with Gasteiger partial charge in [-0.3, -0.25) is 0 Å². The van der Waals surface area contributed by atoms with Gasteiger partial charge in [-0.15, -0.1) is 0 Å². The van der Waals surface area contributed by atoms with Crippen molar-refractivity contribution in [2.75, 3.05) is 0 Å². The summed E-state index contributed by atoms with van der Waals surface area (Å²) in [6, 6.07) is 31.1. The van der Waals surface area contributed by atoms with Crippen LogP contribution in [0, 0.1) is 6.92 Å². The number of rotatable bonds is 3. The highest BCUT2D eigenvalue weighted by molar-refractivity contribution is 9.10. The summed E-state index contributed by atoms with van der Waals surface area (Å²) < 4.78 is 2.83. The number of aryl methyl sites for hydroxylation is 1. The molecule has 0 aliphatic carbocycles. The molecule has 0 amide bonds. The van der Waals surface area contributed by atoms with E-state index in [0.29, 0.717) is 0 Å². The number of nitrogens with zero attached hydrogens (tertiary/aromatic N) is 3. The van der Waals surface area contributed by atoms with Gasteiger partial charge in [0.1, 0.15) is 5.69 Å². The zero-order valence-electron chi connectivity index (χ0n) is 15.9. The Hall–Kier alpha value is -3.24. The molecule has 29 heavy (non-hydrogen) atoms. The van der Waals surface area contributed by atoms with Gasteiger partial charge in [-0.1, -0.05) is 90.5 Å². The van der Waals surface area contributed by atoms with Gasteiger partial charge in [-0.2, -0.15) is 5.10 Å². The lowest BCUT2D eigenvalue weighted by Gasteiger charge is -2.08. The SMILES string of the molecule is Cc1ccc(-c2nn3c(-c4ccccc4)cc(-c4ccccc4)nc3c2Br)cc1. The maximum Gasteiger partial charge on any atom is 0.171 e. The molecule has 0 spiro atoms. The van der Waals surface area contributed by atoms with Crippen molar-refractivity contribution < 1.29 is 0 Å². The van der Waals surface area contributed by atoms with Gasteiger partial charge in [-0.05, 0) is 28.9 Å².